The summed E-state index contributed by atoms with van der Waals surface area (Å²) in [4.78, 5) is 16.5. The van der Waals surface area contributed by atoms with Crippen LogP contribution in [0, 0.1) is 5.92 Å². The van der Waals surface area contributed by atoms with Crippen LogP contribution >= 0.6 is 35.3 Å². The lowest BCUT2D eigenvalue weighted by Crippen LogP contribution is -2.28. The molecule has 2 aromatic rings. The molecular weight excluding hydrogens is 353 g/mol. The Morgan fingerprint density at radius 3 is 2.87 bits per heavy atom. The molecule has 0 unspecified atom stereocenters. The van der Waals surface area contributed by atoms with Crippen LogP contribution in [0.3, 0.4) is 0 Å². The molecule has 0 spiro atoms. The molecule has 0 bridgehead atoms. The van der Waals surface area contributed by atoms with E-state index in [1.807, 2.05) is 29.6 Å². The number of rotatable bonds is 4. The molecule has 2 atom stereocenters. The van der Waals surface area contributed by atoms with Crippen LogP contribution < -0.4 is 11.1 Å². The van der Waals surface area contributed by atoms with Crippen molar-refractivity contribution in [2.75, 3.05) is 5.32 Å². The maximum atomic E-state index is 12.1. The number of amides is 1. The lowest BCUT2D eigenvalue weighted by atomic mass is 10.00. The van der Waals surface area contributed by atoms with E-state index in [4.69, 9.17) is 17.3 Å². The molecule has 1 heterocycles. The highest BCUT2D eigenvalue weighted by molar-refractivity contribution is 7.14. The number of hydrogen-bond donors (Lipinski definition) is 2. The maximum Gasteiger partial charge on any atom is 0.226 e. The predicted molar refractivity (Wildman–Crippen MR) is 98.4 cm³/mol. The lowest BCUT2D eigenvalue weighted by molar-refractivity contribution is -0.117. The number of aromatic nitrogens is 1. The number of benzene rings is 1. The molecule has 1 amide bonds. The monoisotopic (exact) mass is 371 g/mol. The number of nitrogens with zero attached hydrogens (tertiary/aromatic N) is 1. The Hall–Kier alpha value is -1.14. The summed E-state index contributed by atoms with van der Waals surface area (Å²) in [5, 5.41) is 6.03. The van der Waals surface area contributed by atoms with Crippen molar-refractivity contribution in [1.29, 1.82) is 0 Å². The molecule has 1 aliphatic carbocycles. The van der Waals surface area contributed by atoms with Crippen molar-refractivity contribution in [3.05, 3.63) is 34.7 Å². The summed E-state index contributed by atoms with van der Waals surface area (Å²) in [6, 6.07) is 7.70. The molecule has 1 aliphatic rings. The summed E-state index contributed by atoms with van der Waals surface area (Å²) >= 11 is 7.57. The van der Waals surface area contributed by atoms with E-state index in [0.717, 1.165) is 30.5 Å². The van der Waals surface area contributed by atoms with Crippen LogP contribution in [0.2, 0.25) is 5.02 Å². The minimum atomic E-state index is -0.0117. The lowest BCUT2D eigenvalue weighted by Gasteiger charge is -2.13. The number of hydrogen-bond acceptors (Lipinski definition) is 4. The number of nitrogens with one attached hydrogen (secondary N) is 1. The Bertz CT molecular complexity index is 677. The summed E-state index contributed by atoms with van der Waals surface area (Å²) in [6.07, 6.45) is 3.65. The third kappa shape index (κ3) is 4.44. The van der Waals surface area contributed by atoms with Crippen LogP contribution in [-0.2, 0) is 4.79 Å². The number of thiazole rings is 1. The third-order valence-electron chi connectivity index (χ3n) is 4.07. The first kappa shape index (κ1) is 18.2. The molecule has 3 rings (SSSR count). The molecular formula is C16H19Cl2N3OS. The summed E-state index contributed by atoms with van der Waals surface area (Å²) in [6.45, 7) is 0. The smallest absolute Gasteiger partial charge is 0.226 e. The van der Waals surface area contributed by atoms with Crippen molar-refractivity contribution in [1.82, 2.24) is 4.98 Å². The number of carbonyl (C=O) groups is 1. The number of nitrogens with two attached hydrogens (primary N) is 1. The van der Waals surface area contributed by atoms with Crippen molar-refractivity contribution in [2.24, 2.45) is 11.7 Å². The minimum absolute atomic E-state index is 0. The third-order valence-corrected chi connectivity index (χ3v) is 5.15. The first-order chi connectivity index (χ1) is 10.6. The first-order valence-corrected chi connectivity index (χ1v) is 8.65. The molecule has 0 aliphatic heterocycles. The van der Waals surface area contributed by atoms with Crippen LogP contribution in [0.25, 0.3) is 11.3 Å². The molecule has 1 saturated carbocycles. The van der Waals surface area contributed by atoms with Crippen molar-refractivity contribution in [2.45, 2.75) is 31.7 Å². The zero-order valence-corrected chi connectivity index (χ0v) is 14.9. The average Bonchev–Trinajstić information content (AvgIpc) is 3.10. The van der Waals surface area contributed by atoms with Crippen LogP contribution in [-0.4, -0.2) is 16.9 Å². The SMILES string of the molecule is Cl.N[C@@H]1CCC[C@H]1CC(=O)Nc1nc(-c2ccccc2Cl)cs1. The highest BCUT2D eigenvalue weighted by Crippen LogP contribution is 2.31. The van der Waals surface area contributed by atoms with Gasteiger partial charge in [0, 0.05) is 28.4 Å². The second kappa shape index (κ2) is 8.11. The molecule has 23 heavy (non-hydrogen) atoms. The van der Waals surface area contributed by atoms with Gasteiger partial charge in [0.25, 0.3) is 0 Å². The Kier molecular flexibility index (Phi) is 6.41. The van der Waals surface area contributed by atoms with Gasteiger partial charge in [-0.25, -0.2) is 4.98 Å². The van der Waals surface area contributed by atoms with Gasteiger partial charge in [0.1, 0.15) is 0 Å². The van der Waals surface area contributed by atoms with Gasteiger partial charge in [-0.3, -0.25) is 4.79 Å². The fraction of sp³-hybridized carbons (Fsp3) is 0.375. The summed E-state index contributed by atoms with van der Waals surface area (Å²) < 4.78 is 0. The Balaban J connectivity index is 0.00000192. The highest BCUT2D eigenvalue weighted by atomic mass is 35.5. The molecule has 0 radical (unpaired) electrons. The fourth-order valence-corrected chi connectivity index (χ4v) is 3.81. The highest BCUT2D eigenvalue weighted by Gasteiger charge is 2.26. The predicted octanol–water partition coefficient (Wildman–Crippen LogP) is 4.34. The molecule has 4 nitrogen and oxygen atoms in total. The van der Waals surface area contributed by atoms with Gasteiger partial charge < -0.3 is 11.1 Å². The van der Waals surface area contributed by atoms with E-state index in [0.29, 0.717) is 22.5 Å². The second-order valence-electron chi connectivity index (χ2n) is 5.62. The van der Waals surface area contributed by atoms with E-state index in [1.54, 1.807) is 0 Å². The molecule has 7 heteroatoms. The van der Waals surface area contributed by atoms with Gasteiger partial charge in [-0.05, 0) is 24.8 Å². The van der Waals surface area contributed by atoms with Gasteiger partial charge >= 0.3 is 0 Å². The molecule has 124 valence electrons. The Labute approximate surface area is 150 Å². The Morgan fingerprint density at radius 1 is 1.39 bits per heavy atom. The fourth-order valence-electron chi connectivity index (χ4n) is 2.85. The second-order valence-corrected chi connectivity index (χ2v) is 6.89. The normalized spacial score (nSPS) is 20.1. The van der Waals surface area contributed by atoms with E-state index in [-0.39, 0.29) is 24.4 Å². The van der Waals surface area contributed by atoms with Gasteiger partial charge in [-0.1, -0.05) is 36.2 Å². The zero-order valence-electron chi connectivity index (χ0n) is 12.5. The molecule has 1 aromatic carbocycles. The standard InChI is InChI=1S/C16H18ClN3OS.ClH/c17-12-6-2-1-5-11(12)14-9-22-16(19-14)20-15(21)8-10-4-3-7-13(10)18;/h1-2,5-6,9-10,13H,3-4,7-8,18H2,(H,19,20,21);1H/t10-,13+;/m0./s1. The first-order valence-electron chi connectivity index (χ1n) is 7.39. The van der Waals surface area contributed by atoms with E-state index >= 15 is 0 Å². The van der Waals surface area contributed by atoms with E-state index in [1.165, 1.54) is 11.3 Å². The largest absolute Gasteiger partial charge is 0.327 e. The van der Waals surface area contributed by atoms with Crippen molar-refractivity contribution < 1.29 is 4.79 Å². The van der Waals surface area contributed by atoms with Crippen LogP contribution in [0.15, 0.2) is 29.6 Å². The van der Waals surface area contributed by atoms with Crippen LogP contribution in [0.4, 0.5) is 5.13 Å². The topological polar surface area (TPSA) is 68.0 Å². The summed E-state index contributed by atoms with van der Waals surface area (Å²) in [5.41, 5.74) is 7.66. The Morgan fingerprint density at radius 2 is 2.17 bits per heavy atom. The zero-order chi connectivity index (χ0) is 15.5. The number of carbonyl (C=O) groups excluding carboxylic acids is 1. The van der Waals surface area contributed by atoms with Gasteiger partial charge in [-0.2, -0.15) is 0 Å². The summed E-state index contributed by atoms with van der Waals surface area (Å²) in [7, 11) is 0. The molecule has 1 aromatic heterocycles. The van der Waals surface area contributed by atoms with E-state index in [2.05, 4.69) is 10.3 Å². The minimum Gasteiger partial charge on any atom is -0.327 e. The van der Waals surface area contributed by atoms with Crippen molar-refractivity contribution in [3.8, 4) is 11.3 Å². The van der Waals surface area contributed by atoms with Crippen LogP contribution in [0.1, 0.15) is 25.7 Å². The van der Waals surface area contributed by atoms with Crippen molar-refractivity contribution >= 4 is 46.4 Å². The molecule has 1 fully saturated rings. The number of anilines is 1. The molecule has 0 saturated heterocycles. The van der Waals surface area contributed by atoms with Gasteiger partial charge in [0.15, 0.2) is 5.13 Å². The molecule has 3 N–H and O–H groups in total. The quantitative estimate of drug-likeness (QED) is 0.839. The van der Waals surface area contributed by atoms with E-state index in [9.17, 15) is 4.79 Å². The van der Waals surface area contributed by atoms with Crippen molar-refractivity contribution in [3.63, 3.8) is 0 Å². The van der Waals surface area contributed by atoms with Gasteiger partial charge in [-0.15, -0.1) is 23.7 Å². The summed E-state index contributed by atoms with van der Waals surface area (Å²) in [5.74, 6) is 0.283. The number of halogens is 2. The average molecular weight is 372 g/mol. The van der Waals surface area contributed by atoms with Gasteiger partial charge in [0.05, 0.1) is 5.69 Å². The maximum absolute atomic E-state index is 12.1. The van der Waals surface area contributed by atoms with Crippen LogP contribution in [0.5, 0.6) is 0 Å². The van der Waals surface area contributed by atoms with E-state index < -0.39 is 0 Å². The van der Waals surface area contributed by atoms with Gasteiger partial charge in [0.2, 0.25) is 5.91 Å².